The monoisotopic (exact) mass is 788 g/mol. The van der Waals surface area contributed by atoms with Crippen molar-refractivity contribution in [1.82, 2.24) is 29.8 Å². The number of hydrogen-bond acceptors (Lipinski definition) is 9. The number of rotatable bonds is 6. The number of alkyl carbamates (subject to hydrolysis) is 1. The van der Waals surface area contributed by atoms with E-state index in [1.54, 1.807) is 20.8 Å². The van der Waals surface area contributed by atoms with Crippen molar-refractivity contribution in [3.63, 3.8) is 0 Å². The van der Waals surface area contributed by atoms with E-state index in [1.807, 2.05) is 45.0 Å². The number of aromatic nitrogens is 2. The molecule has 3 fully saturated rings. The lowest BCUT2D eigenvalue weighted by atomic mass is 9.85. The Bertz CT molecular complexity index is 2250. The summed E-state index contributed by atoms with van der Waals surface area (Å²) in [6.45, 7) is 15.8. The molecule has 0 unspecified atom stereocenters. The smallest absolute Gasteiger partial charge is 0.407 e. The van der Waals surface area contributed by atoms with Gasteiger partial charge in [0.2, 0.25) is 27.7 Å². The number of allylic oxidation sites excluding steroid dienone is 2. The number of ether oxygens (including phenoxy) is 2. The number of hydrogen-bond donors (Lipinski definition) is 3. The lowest BCUT2D eigenvalue weighted by molar-refractivity contribution is -0.142. The van der Waals surface area contributed by atoms with Crippen LogP contribution in [0.2, 0.25) is 0 Å². The Labute approximate surface area is 327 Å². The number of carbonyl (C=O) groups excluding carboxylic acids is 4. The fraction of sp³-hybridized carbons (Fsp3) is 0.537. The SMILES string of the molecule is C=C[C@@H]1C[C@]1(NC(=O)[C@@H]1C[C@@H]2CN1C(=O)[C@H](C(C)(C)C)NC(=O)OCC(C)(C)CC=CCn1cc(C)c3c4ccccc4nc(c31)O2)C(=O)NS(=O)(=O)C1CC1. The van der Waals surface area contributed by atoms with Crippen LogP contribution < -0.4 is 20.1 Å². The van der Waals surface area contributed by atoms with Crippen LogP contribution in [-0.2, 0) is 35.7 Å². The molecule has 2 saturated carbocycles. The summed E-state index contributed by atoms with van der Waals surface area (Å²) in [5.41, 5.74) is -0.259. The molecule has 7 rings (SSSR count). The van der Waals surface area contributed by atoms with Gasteiger partial charge >= 0.3 is 6.09 Å². The van der Waals surface area contributed by atoms with Crippen molar-refractivity contribution in [3.05, 3.63) is 60.8 Å². The van der Waals surface area contributed by atoms with Crippen LogP contribution in [0.5, 0.6) is 5.88 Å². The van der Waals surface area contributed by atoms with Crippen molar-refractivity contribution >= 4 is 55.6 Å². The standard InChI is InChI=1S/C41H52N6O8S/c1-8-25-20-41(25,37(50)45-56(52,53)27-15-16-27)44-34(48)30-19-26-22-47(30)36(49)33(39(3,4)5)43-38(51)54-23-40(6,7)17-11-12-18-46-21-24(2)31-28-13-9-10-14-29(28)42-35(55-26)32(31)46/h8-14,21,25-27,30,33H,1,15-20,22-23H2,2-7H3,(H,43,51)(H,44,48)(H,45,50)/t25-,26-,30+,33-,41-/m1/s1. The first kappa shape index (κ1) is 39.3. The molecule has 3 N–H and O–H groups in total. The number of amides is 4. The summed E-state index contributed by atoms with van der Waals surface area (Å²) in [5, 5.41) is 6.91. The molecule has 14 nitrogen and oxygen atoms in total. The molecule has 4 amide bonds. The molecule has 2 aromatic heterocycles. The predicted octanol–water partition coefficient (Wildman–Crippen LogP) is 4.64. The van der Waals surface area contributed by atoms with E-state index in [2.05, 4.69) is 44.9 Å². The zero-order valence-electron chi connectivity index (χ0n) is 32.9. The van der Waals surface area contributed by atoms with Gasteiger partial charge in [-0.25, -0.2) is 18.2 Å². The number of pyridine rings is 1. The van der Waals surface area contributed by atoms with Crippen LogP contribution in [0, 0.1) is 23.7 Å². The highest BCUT2D eigenvalue weighted by Crippen LogP contribution is 2.46. The Morgan fingerprint density at radius 1 is 1.12 bits per heavy atom. The number of benzene rings is 1. The van der Waals surface area contributed by atoms with Gasteiger partial charge in [0, 0.05) is 41.3 Å². The number of nitrogens with one attached hydrogen (secondary N) is 3. The summed E-state index contributed by atoms with van der Waals surface area (Å²) in [5.74, 6) is -2.20. The maximum atomic E-state index is 14.7. The van der Waals surface area contributed by atoms with Crippen LogP contribution in [0.25, 0.3) is 21.8 Å². The first-order valence-corrected chi connectivity index (χ1v) is 20.8. The maximum absolute atomic E-state index is 14.7. The Hall–Kier alpha value is -4.92. The first-order chi connectivity index (χ1) is 26.3. The third-order valence-corrected chi connectivity index (χ3v) is 13.2. The molecule has 300 valence electrons. The van der Waals surface area contributed by atoms with Crippen molar-refractivity contribution in [1.29, 1.82) is 0 Å². The quantitative estimate of drug-likeness (QED) is 0.300. The lowest BCUT2D eigenvalue weighted by Crippen LogP contribution is -2.60. The molecule has 15 heteroatoms. The van der Waals surface area contributed by atoms with E-state index in [0.29, 0.717) is 31.7 Å². The minimum absolute atomic E-state index is 0.0273. The number of fused-ring (bicyclic) bond motifs is 4. The molecule has 2 aliphatic carbocycles. The Kier molecular flexibility index (Phi) is 9.99. The third kappa shape index (κ3) is 7.61. The third-order valence-electron chi connectivity index (χ3n) is 11.3. The average molecular weight is 789 g/mol. The van der Waals surface area contributed by atoms with Gasteiger partial charge in [0.15, 0.2) is 0 Å². The molecule has 1 aromatic carbocycles. The van der Waals surface area contributed by atoms with Gasteiger partial charge in [-0.2, -0.15) is 0 Å². The topological polar surface area (TPSA) is 178 Å². The lowest BCUT2D eigenvalue weighted by Gasteiger charge is -2.35. The summed E-state index contributed by atoms with van der Waals surface area (Å²) < 4.78 is 42.2. The van der Waals surface area contributed by atoms with E-state index in [9.17, 15) is 27.6 Å². The van der Waals surface area contributed by atoms with Crippen LogP contribution in [0.1, 0.15) is 72.3 Å². The van der Waals surface area contributed by atoms with Gasteiger partial charge in [0.05, 0.1) is 23.9 Å². The average Bonchev–Trinajstić information content (AvgIpc) is 4.04. The second kappa shape index (κ2) is 14.2. The Balaban J connectivity index is 1.28. The predicted molar refractivity (Wildman–Crippen MR) is 211 cm³/mol. The molecule has 0 radical (unpaired) electrons. The second-order valence-electron chi connectivity index (χ2n) is 17.6. The van der Waals surface area contributed by atoms with Gasteiger partial charge in [0.25, 0.3) is 5.91 Å². The van der Waals surface area contributed by atoms with E-state index in [0.717, 1.165) is 27.4 Å². The van der Waals surface area contributed by atoms with Crippen LogP contribution in [0.15, 0.2) is 55.3 Å². The molecule has 2 aliphatic heterocycles. The minimum Gasteiger partial charge on any atom is -0.471 e. The van der Waals surface area contributed by atoms with Gasteiger partial charge in [-0.3, -0.25) is 19.1 Å². The number of carbonyl (C=O) groups is 4. The molecule has 3 aromatic rings. The molecule has 0 spiro atoms. The highest BCUT2D eigenvalue weighted by molar-refractivity contribution is 7.91. The van der Waals surface area contributed by atoms with E-state index in [4.69, 9.17) is 14.5 Å². The zero-order chi connectivity index (χ0) is 40.4. The maximum Gasteiger partial charge on any atom is 0.407 e. The molecule has 2 bridgehead atoms. The summed E-state index contributed by atoms with van der Waals surface area (Å²) in [6.07, 6.45) is 7.91. The number of sulfonamides is 1. The summed E-state index contributed by atoms with van der Waals surface area (Å²) >= 11 is 0. The van der Waals surface area contributed by atoms with E-state index in [1.165, 1.54) is 11.0 Å². The molecule has 5 atom stereocenters. The van der Waals surface area contributed by atoms with E-state index >= 15 is 0 Å². The second-order valence-corrected chi connectivity index (χ2v) is 19.6. The van der Waals surface area contributed by atoms with Crippen LogP contribution in [-0.4, -0.2) is 88.8 Å². The fourth-order valence-electron chi connectivity index (χ4n) is 7.87. The van der Waals surface area contributed by atoms with Gasteiger partial charge < -0.3 is 29.6 Å². The highest BCUT2D eigenvalue weighted by Gasteiger charge is 2.62. The van der Waals surface area contributed by atoms with Crippen LogP contribution in [0.4, 0.5) is 4.79 Å². The largest absolute Gasteiger partial charge is 0.471 e. The van der Waals surface area contributed by atoms with Crippen LogP contribution in [0.3, 0.4) is 0 Å². The number of para-hydroxylation sites is 1. The van der Waals surface area contributed by atoms with Crippen LogP contribution >= 0.6 is 0 Å². The number of nitrogens with zero attached hydrogens (tertiary/aromatic N) is 3. The van der Waals surface area contributed by atoms with E-state index in [-0.39, 0.29) is 26.0 Å². The Morgan fingerprint density at radius 2 is 1.86 bits per heavy atom. The zero-order valence-corrected chi connectivity index (χ0v) is 33.7. The van der Waals surface area contributed by atoms with Crippen molar-refractivity contribution in [2.24, 2.45) is 16.7 Å². The molecule has 56 heavy (non-hydrogen) atoms. The molecule has 4 heterocycles. The normalized spacial score (nSPS) is 27.1. The van der Waals surface area contributed by atoms with Gasteiger partial charge in [-0.15, -0.1) is 6.58 Å². The minimum atomic E-state index is -3.91. The van der Waals surface area contributed by atoms with Gasteiger partial charge in [-0.05, 0) is 49.7 Å². The number of aryl methyl sites for hydroxylation is 1. The van der Waals surface area contributed by atoms with Gasteiger partial charge in [0.1, 0.15) is 29.2 Å². The first-order valence-electron chi connectivity index (χ1n) is 19.3. The van der Waals surface area contributed by atoms with Crippen molar-refractivity contribution in [3.8, 4) is 5.88 Å². The summed E-state index contributed by atoms with van der Waals surface area (Å²) in [7, 11) is -3.91. The van der Waals surface area contributed by atoms with Crippen molar-refractivity contribution in [2.75, 3.05) is 13.2 Å². The van der Waals surface area contributed by atoms with Crippen molar-refractivity contribution in [2.45, 2.75) is 109 Å². The highest BCUT2D eigenvalue weighted by atomic mass is 32.2. The molecular formula is C41H52N6O8S. The summed E-state index contributed by atoms with van der Waals surface area (Å²) in [6, 6.07) is 5.55. The number of cyclic esters (lactones) is 1. The fourth-order valence-corrected chi connectivity index (χ4v) is 9.23. The Morgan fingerprint density at radius 3 is 2.54 bits per heavy atom. The van der Waals surface area contributed by atoms with Gasteiger partial charge in [-0.1, -0.05) is 71.0 Å². The molecule has 4 aliphatic rings. The molecule has 1 saturated heterocycles. The van der Waals surface area contributed by atoms with Crippen molar-refractivity contribution < 1.29 is 37.1 Å². The summed E-state index contributed by atoms with van der Waals surface area (Å²) in [4.78, 5) is 62.4. The molecular weight excluding hydrogens is 737 g/mol. The van der Waals surface area contributed by atoms with E-state index < -0.39 is 79.6 Å².